The van der Waals surface area contributed by atoms with Crippen molar-refractivity contribution >= 4 is 40.9 Å². The van der Waals surface area contributed by atoms with Crippen LogP contribution in [0.2, 0.25) is 0 Å². The highest BCUT2D eigenvalue weighted by atomic mass is 16.6. The molecule has 208 valence electrons. The Morgan fingerprint density at radius 2 is 2.00 bits per heavy atom. The van der Waals surface area contributed by atoms with Crippen molar-refractivity contribution in [2.75, 3.05) is 18.8 Å². The Labute approximate surface area is 221 Å². The molecule has 2 atom stereocenters. The van der Waals surface area contributed by atoms with Gasteiger partial charge in [0.25, 0.3) is 0 Å². The normalized spacial score (nSPS) is 16.3. The summed E-state index contributed by atoms with van der Waals surface area (Å²) in [5.74, 6) is -0.924. The molecule has 2 aromatic rings. The van der Waals surface area contributed by atoms with Crippen molar-refractivity contribution in [3.63, 3.8) is 0 Å². The van der Waals surface area contributed by atoms with E-state index in [-0.39, 0.29) is 24.3 Å². The molecule has 1 aliphatic heterocycles. The van der Waals surface area contributed by atoms with E-state index in [0.717, 1.165) is 11.1 Å². The molecule has 0 unspecified atom stereocenters. The fourth-order valence-electron chi connectivity index (χ4n) is 4.47. The topological polar surface area (TPSA) is 169 Å². The van der Waals surface area contributed by atoms with Crippen molar-refractivity contribution in [1.82, 2.24) is 25.1 Å². The zero-order valence-electron chi connectivity index (χ0n) is 22.5. The first kappa shape index (κ1) is 28.7. The summed E-state index contributed by atoms with van der Waals surface area (Å²) in [7, 11) is 0. The smallest absolute Gasteiger partial charge is 0.408 e. The van der Waals surface area contributed by atoms with Crippen LogP contribution >= 0.6 is 0 Å². The molecule has 0 aliphatic carbocycles. The molecule has 0 bridgehead atoms. The lowest BCUT2D eigenvalue weighted by atomic mass is 10.1. The molecule has 0 saturated carbocycles. The number of carbonyl (C=O) groups excluding carboxylic acids is 3. The van der Waals surface area contributed by atoms with Crippen molar-refractivity contribution in [2.45, 2.75) is 84.0 Å². The van der Waals surface area contributed by atoms with Crippen molar-refractivity contribution in [2.24, 2.45) is 0 Å². The van der Waals surface area contributed by atoms with Crippen LogP contribution < -0.4 is 16.4 Å². The molecule has 3 amide bonds. The monoisotopic (exact) mass is 530 g/mol. The maximum atomic E-state index is 13.1. The highest BCUT2D eigenvalue weighted by Gasteiger charge is 2.29. The minimum Gasteiger partial charge on any atom is -0.481 e. The summed E-state index contributed by atoms with van der Waals surface area (Å²) >= 11 is 0. The van der Waals surface area contributed by atoms with E-state index < -0.39 is 23.7 Å². The number of fused-ring (bicyclic) bond motifs is 1. The maximum absolute atomic E-state index is 13.1. The number of ether oxygens (including phenoxy) is 1. The van der Waals surface area contributed by atoms with Gasteiger partial charge in [-0.25, -0.2) is 9.78 Å². The number of carbonyl (C=O) groups is 4. The molecule has 38 heavy (non-hydrogen) atoms. The number of hydrogen-bond donors (Lipinski definition) is 4. The van der Waals surface area contributed by atoms with Crippen LogP contribution in [0.1, 0.15) is 58.9 Å². The van der Waals surface area contributed by atoms with E-state index >= 15 is 0 Å². The highest BCUT2D eigenvalue weighted by molar-refractivity contribution is 5.86. The molecular formula is C26H38N6O6. The molecule has 1 aliphatic rings. The Morgan fingerprint density at radius 3 is 2.63 bits per heavy atom. The van der Waals surface area contributed by atoms with Gasteiger partial charge in [-0.2, -0.15) is 0 Å². The third-order valence-corrected chi connectivity index (χ3v) is 6.33. The van der Waals surface area contributed by atoms with Crippen LogP contribution in [0.5, 0.6) is 0 Å². The number of aryl methyl sites for hydroxylation is 2. The summed E-state index contributed by atoms with van der Waals surface area (Å²) in [6.45, 7) is 8.21. The number of aliphatic carboxylic acids is 1. The van der Waals surface area contributed by atoms with Crippen molar-refractivity contribution in [3.8, 4) is 0 Å². The average molecular weight is 531 g/mol. The fourth-order valence-corrected chi connectivity index (χ4v) is 4.47. The number of nitrogens with zero attached hydrogens (tertiary/aromatic N) is 3. The van der Waals surface area contributed by atoms with Gasteiger partial charge in [-0.05, 0) is 64.2 Å². The number of amides is 3. The van der Waals surface area contributed by atoms with Crippen LogP contribution in [0, 0.1) is 0 Å². The number of nitrogens with one attached hydrogen (secondary N) is 2. The number of nitrogens with two attached hydrogens (primary N) is 1. The SMILES string of the molecule is CC(=O)N1CC[C@@H](NC(=O)[C@H](CCCn2c(N)nc3cc(CCC(=O)O)ccc32)NC(=O)OC(C)(C)C)C1. The van der Waals surface area contributed by atoms with Gasteiger partial charge in [0, 0.05) is 39.0 Å². The van der Waals surface area contributed by atoms with Gasteiger partial charge in [-0.15, -0.1) is 0 Å². The molecule has 1 aromatic carbocycles. The highest BCUT2D eigenvalue weighted by Crippen LogP contribution is 2.21. The van der Waals surface area contributed by atoms with E-state index in [1.54, 1.807) is 25.7 Å². The van der Waals surface area contributed by atoms with Crippen LogP contribution in [0.3, 0.4) is 0 Å². The Hall–Kier alpha value is -3.83. The van der Waals surface area contributed by atoms with E-state index in [4.69, 9.17) is 15.6 Å². The van der Waals surface area contributed by atoms with Gasteiger partial charge in [-0.3, -0.25) is 14.4 Å². The minimum absolute atomic E-state index is 0.0312. The standard InChI is InChI=1S/C26H38N6O6/c1-16(33)31-13-11-18(15-31)28-23(36)19(30-25(37)38-26(2,3)4)6-5-12-32-21-9-7-17(8-10-22(34)35)14-20(21)29-24(32)27/h7,9,14,18-19H,5-6,8,10-13,15H2,1-4H3,(H2,27,29)(H,28,36)(H,30,37)(H,34,35)/t18-,19+/m1/s1. The van der Waals surface area contributed by atoms with Crippen molar-refractivity contribution < 1.29 is 29.0 Å². The summed E-state index contributed by atoms with van der Waals surface area (Å²) in [6.07, 6.45) is 1.23. The van der Waals surface area contributed by atoms with Gasteiger partial charge in [0.05, 0.1) is 11.0 Å². The number of aromatic nitrogens is 2. The second-order valence-electron chi connectivity index (χ2n) is 10.6. The fraction of sp³-hybridized carbons (Fsp3) is 0.577. The van der Waals surface area contributed by atoms with Crippen LogP contribution in [-0.4, -0.2) is 74.2 Å². The number of hydrogen-bond acceptors (Lipinski definition) is 7. The molecule has 12 nitrogen and oxygen atoms in total. The lowest BCUT2D eigenvalue weighted by molar-refractivity contribution is -0.137. The number of likely N-dealkylation sites (tertiary alicyclic amines) is 1. The number of imidazole rings is 1. The quantitative estimate of drug-likeness (QED) is 0.362. The summed E-state index contributed by atoms with van der Waals surface area (Å²) in [5, 5.41) is 14.6. The van der Waals surface area contributed by atoms with Gasteiger partial charge in [0.2, 0.25) is 17.8 Å². The molecule has 1 aromatic heterocycles. The van der Waals surface area contributed by atoms with Crippen LogP contribution in [0.25, 0.3) is 11.0 Å². The largest absolute Gasteiger partial charge is 0.481 e. The molecule has 1 saturated heterocycles. The number of carboxylic acids is 1. The first-order chi connectivity index (χ1) is 17.8. The van der Waals surface area contributed by atoms with E-state index in [1.165, 1.54) is 6.92 Å². The summed E-state index contributed by atoms with van der Waals surface area (Å²) in [4.78, 5) is 54.2. The van der Waals surface area contributed by atoms with E-state index in [0.29, 0.717) is 56.8 Å². The molecule has 2 heterocycles. The lowest BCUT2D eigenvalue weighted by Gasteiger charge is -2.24. The predicted octanol–water partition coefficient (Wildman–Crippen LogP) is 2.05. The van der Waals surface area contributed by atoms with Crippen LogP contribution in [0.4, 0.5) is 10.7 Å². The zero-order valence-corrected chi connectivity index (χ0v) is 22.5. The summed E-state index contributed by atoms with van der Waals surface area (Å²) in [5.41, 5.74) is 7.77. The first-order valence-corrected chi connectivity index (χ1v) is 12.8. The van der Waals surface area contributed by atoms with Crippen LogP contribution in [0.15, 0.2) is 18.2 Å². The Kier molecular flexibility index (Phi) is 9.18. The van der Waals surface area contributed by atoms with E-state index in [2.05, 4.69) is 15.6 Å². The molecule has 0 radical (unpaired) electrons. The number of alkyl carbamates (subject to hydrolysis) is 1. The number of carboxylic acid groups (broad SMARTS) is 1. The third kappa shape index (κ3) is 8.09. The zero-order chi connectivity index (χ0) is 28.0. The Morgan fingerprint density at radius 1 is 1.26 bits per heavy atom. The van der Waals surface area contributed by atoms with Gasteiger partial charge < -0.3 is 35.7 Å². The van der Waals surface area contributed by atoms with Crippen molar-refractivity contribution in [1.29, 1.82) is 0 Å². The molecule has 12 heteroatoms. The molecule has 1 fully saturated rings. The average Bonchev–Trinajstić information content (AvgIpc) is 3.39. The molecular weight excluding hydrogens is 492 g/mol. The Bertz CT molecular complexity index is 1190. The van der Waals surface area contributed by atoms with Gasteiger partial charge in [0.15, 0.2) is 0 Å². The molecule has 3 rings (SSSR count). The summed E-state index contributed by atoms with van der Waals surface area (Å²) < 4.78 is 7.19. The Balaban J connectivity index is 1.66. The second kappa shape index (κ2) is 12.1. The van der Waals surface area contributed by atoms with Gasteiger partial charge in [-0.1, -0.05) is 6.07 Å². The van der Waals surface area contributed by atoms with Crippen molar-refractivity contribution in [3.05, 3.63) is 23.8 Å². The minimum atomic E-state index is -0.863. The van der Waals surface area contributed by atoms with E-state index in [9.17, 15) is 19.2 Å². The second-order valence-corrected chi connectivity index (χ2v) is 10.6. The number of anilines is 1. The number of nitrogen functional groups attached to an aromatic ring is 1. The third-order valence-electron chi connectivity index (χ3n) is 6.33. The van der Waals surface area contributed by atoms with Crippen LogP contribution in [-0.2, 0) is 32.1 Å². The molecule has 5 N–H and O–H groups in total. The first-order valence-electron chi connectivity index (χ1n) is 12.8. The van der Waals surface area contributed by atoms with Gasteiger partial charge >= 0.3 is 12.1 Å². The van der Waals surface area contributed by atoms with Gasteiger partial charge in [0.1, 0.15) is 11.6 Å². The number of benzene rings is 1. The lowest BCUT2D eigenvalue weighted by Crippen LogP contribution is -2.51. The van der Waals surface area contributed by atoms with E-state index in [1.807, 2.05) is 22.8 Å². The summed E-state index contributed by atoms with van der Waals surface area (Å²) in [6, 6.07) is 4.53. The number of rotatable bonds is 10. The molecule has 0 spiro atoms. The predicted molar refractivity (Wildman–Crippen MR) is 141 cm³/mol. The maximum Gasteiger partial charge on any atom is 0.408 e.